The molecule has 1 amide bonds. The minimum absolute atomic E-state index is 0.0126. The van der Waals surface area contributed by atoms with Gasteiger partial charge in [-0.05, 0) is 39.2 Å². The first-order chi connectivity index (χ1) is 15.5. The molecule has 11 heteroatoms. The van der Waals surface area contributed by atoms with E-state index in [9.17, 15) is 18.3 Å². The highest BCUT2D eigenvalue weighted by atomic mass is 32.2. The molecule has 0 radical (unpaired) electrons. The first kappa shape index (κ1) is 25.0. The molecule has 0 fully saturated rings. The minimum atomic E-state index is -3.88. The number of benzene rings is 1. The number of sulfonamides is 1. The number of anilines is 1. The van der Waals surface area contributed by atoms with Gasteiger partial charge in [0.15, 0.2) is 5.03 Å². The number of carbonyl (C=O) groups is 1. The van der Waals surface area contributed by atoms with Gasteiger partial charge in [0.2, 0.25) is 5.91 Å². The summed E-state index contributed by atoms with van der Waals surface area (Å²) < 4.78 is 35.8. The number of hydrogen-bond donors (Lipinski definition) is 2. The normalized spacial score (nSPS) is 20.5. The summed E-state index contributed by atoms with van der Waals surface area (Å²) >= 11 is 0. The van der Waals surface area contributed by atoms with Crippen LogP contribution >= 0.6 is 0 Å². The summed E-state index contributed by atoms with van der Waals surface area (Å²) in [6.45, 7) is 4.78. The Kier molecular flexibility index (Phi) is 7.65. The van der Waals surface area contributed by atoms with Crippen molar-refractivity contribution < 1.29 is 23.1 Å². The molecule has 1 aromatic carbocycles. The Bertz CT molecular complexity index is 1080. The van der Waals surface area contributed by atoms with E-state index < -0.39 is 10.0 Å². The Labute approximate surface area is 195 Å². The molecule has 1 aromatic heterocycles. The molecule has 0 spiro atoms. The number of hydrogen-bond acceptors (Lipinski definition) is 7. The van der Waals surface area contributed by atoms with Crippen molar-refractivity contribution in [3.63, 3.8) is 0 Å². The predicted octanol–water partition coefficient (Wildman–Crippen LogP) is 0.932. The van der Waals surface area contributed by atoms with Crippen LogP contribution in [0.15, 0.2) is 35.7 Å². The van der Waals surface area contributed by atoms with Crippen molar-refractivity contribution in [1.82, 2.24) is 19.4 Å². The molecular weight excluding hydrogens is 446 g/mol. The molecule has 3 rings (SSSR count). The molecule has 10 nitrogen and oxygen atoms in total. The summed E-state index contributed by atoms with van der Waals surface area (Å²) in [4.78, 5) is 20.8. The lowest BCUT2D eigenvalue weighted by atomic mass is 10.0. The fraction of sp³-hybridized carbons (Fsp3) is 0.545. The monoisotopic (exact) mass is 479 g/mol. The number of nitrogens with one attached hydrogen (secondary N) is 1. The predicted molar refractivity (Wildman–Crippen MR) is 125 cm³/mol. The maximum absolute atomic E-state index is 13.2. The number of carbonyl (C=O) groups excluding carboxylic acids is 1. The highest BCUT2D eigenvalue weighted by Gasteiger charge is 2.31. The second kappa shape index (κ2) is 10.1. The van der Waals surface area contributed by atoms with Gasteiger partial charge in [-0.3, -0.25) is 9.52 Å². The average molecular weight is 480 g/mol. The zero-order valence-electron chi connectivity index (χ0n) is 19.7. The number of aliphatic hydroxyl groups is 1. The molecule has 0 saturated heterocycles. The van der Waals surface area contributed by atoms with E-state index in [1.807, 2.05) is 32.8 Å². The molecule has 33 heavy (non-hydrogen) atoms. The molecule has 1 aliphatic rings. The van der Waals surface area contributed by atoms with Gasteiger partial charge in [-0.25, -0.2) is 4.98 Å². The zero-order chi connectivity index (χ0) is 24.3. The fourth-order valence-corrected chi connectivity index (χ4v) is 4.84. The number of aromatic nitrogens is 2. The minimum Gasteiger partial charge on any atom is -0.488 e. The number of aryl methyl sites for hydroxylation is 1. The van der Waals surface area contributed by atoms with Crippen molar-refractivity contribution in [2.24, 2.45) is 13.0 Å². The number of amides is 1. The van der Waals surface area contributed by atoms with Gasteiger partial charge in [0.1, 0.15) is 11.9 Å². The van der Waals surface area contributed by atoms with Crippen LogP contribution in [0.3, 0.4) is 0 Å². The van der Waals surface area contributed by atoms with E-state index in [4.69, 9.17) is 4.74 Å². The van der Waals surface area contributed by atoms with Crippen molar-refractivity contribution in [2.75, 3.05) is 38.5 Å². The molecule has 1 aliphatic heterocycles. The molecule has 0 aliphatic carbocycles. The van der Waals surface area contributed by atoms with Gasteiger partial charge < -0.3 is 24.2 Å². The number of aliphatic hydroxyl groups excluding tert-OH is 1. The third-order valence-electron chi connectivity index (χ3n) is 5.67. The van der Waals surface area contributed by atoms with Gasteiger partial charge in [0.25, 0.3) is 10.0 Å². The zero-order valence-corrected chi connectivity index (χ0v) is 20.5. The van der Waals surface area contributed by atoms with E-state index in [1.165, 1.54) is 12.5 Å². The average Bonchev–Trinajstić information content (AvgIpc) is 3.19. The van der Waals surface area contributed by atoms with Gasteiger partial charge in [0, 0.05) is 43.5 Å². The highest BCUT2D eigenvalue weighted by molar-refractivity contribution is 7.92. The summed E-state index contributed by atoms with van der Waals surface area (Å²) in [6.07, 6.45) is 2.65. The molecular formula is C22H33N5O5S. The Hall–Kier alpha value is -2.63. The van der Waals surface area contributed by atoms with E-state index in [2.05, 4.69) is 9.71 Å². The van der Waals surface area contributed by atoms with Crippen LogP contribution in [-0.4, -0.2) is 84.7 Å². The summed E-state index contributed by atoms with van der Waals surface area (Å²) in [5, 5.41) is 9.60. The quantitative estimate of drug-likeness (QED) is 0.607. The van der Waals surface area contributed by atoms with Gasteiger partial charge in [-0.1, -0.05) is 6.92 Å². The van der Waals surface area contributed by atoms with Crippen molar-refractivity contribution in [3.05, 3.63) is 36.3 Å². The van der Waals surface area contributed by atoms with Crippen LogP contribution in [0.4, 0.5) is 5.69 Å². The lowest BCUT2D eigenvalue weighted by Gasteiger charge is -2.33. The van der Waals surface area contributed by atoms with Crippen LogP contribution in [-0.2, 0) is 28.3 Å². The van der Waals surface area contributed by atoms with Gasteiger partial charge in [-0.15, -0.1) is 0 Å². The molecule has 2 heterocycles. The van der Waals surface area contributed by atoms with E-state index >= 15 is 0 Å². The molecule has 0 saturated carbocycles. The van der Waals surface area contributed by atoms with Crippen LogP contribution in [0.5, 0.6) is 5.75 Å². The lowest BCUT2D eigenvalue weighted by molar-refractivity contribution is -0.134. The van der Waals surface area contributed by atoms with Crippen LogP contribution in [0, 0.1) is 5.92 Å². The number of likely N-dealkylation sites (N-methyl/N-ethyl adjacent to an activating group) is 1. The maximum atomic E-state index is 13.2. The Balaban J connectivity index is 1.97. The summed E-state index contributed by atoms with van der Waals surface area (Å²) in [5.41, 5.74) is 0.892. The van der Waals surface area contributed by atoms with Crippen molar-refractivity contribution >= 4 is 21.6 Å². The Morgan fingerprint density at radius 1 is 1.36 bits per heavy atom. The first-order valence-electron chi connectivity index (χ1n) is 10.9. The van der Waals surface area contributed by atoms with Crippen LogP contribution in [0.25, 0.3) is 0 Å². The topological polar surface area (TPSA) is 117 Å². The molecule has 0 bridgehead atoms. The van der Waals surface area contributed by atoms with Crippen LogP contribution < -0.4 is 9.46 Å². The second-order valence-electron chi connectivity index (χ2n) is 8.96. The van der Waals surface area contributed by atoms with Crippen LogP contribution in [0.1, 0.15) is 19.4 Å². The molecule has 2 aromatic rings. The SMILES string of the molecule is C[C@@H]1CN([C@H](C)CO)C(=O)Cc2cc(NS(=O)(=O)c3cn(C)cn3)ccc2O[C@H]1CN(C)C. The molecule has 2 N–H and O–H groups in total. The molecule has 0 unspecified atom stereocenters. The Morgan fingerprint density at radius 3 is 2.70 bits per heavy atom. The third-order valence-corrected chi connectivity index (χ3v) is 6.94. The summed E-state index contributed by atoms with van der Waals surface area (Å²) in [5.74, 6) is 0.406. The van der Waals surface area contributed by atoms with Gasteiger partial charge in [-0.2, -0.15) is 8.42 Å². The van der Waals surface area contributed by atoms with E-state index in [0.717, 1.165) is 0 Å². The smallest absolute Gasteiger partial charge is 0.280 e. The highest BCUT2D eigenvalue weighted by Crippen LogP contribution is 2.30. The fourth-order valence-electron chi connectivity index (χ4n) is 3.81. The van der Waals surface area contributed by atoms with Crippen molar-refractivity contribution in [3.8, 4) is 5.75 Å². The number of fused-ring (bicyclic) bond motifs is 1. The van der Waals surface area contributed by atoms with E-state index in [1.54, 1.807) is 34.7 Å². The van der Waals surface area contributed by atoms with Crippen LogP contribution in [0.2, 0.25) is 0 Å². The standard InChI is InChI=1S/C22H33N5O5S/c1-15-10-27(16(2)13-28)22(29)9-17-8-18(6-7-19(17)32-20(15)11-25(3)4)24-33(30,31)21-12-26(5)14-23-21/h6-8,12,14-16,20,24,28H,9-11,13H2,1-5H3/t15-,16-,20+/m1/s1. The third kappa shape index (κ3) is 6.04. The number of rotatable bonds is 7. The summed E-state index contributed by atoms with van der Waals surface area (Å²) in [7, 11) is 1.72. The molecule has 182 valence electrons. The Morgan fingerprint density at radius 2 is 2.09 bits per heavy atom. The maximum Gasteiger partial charge on any atom is 0.280 e. The van der Waals surface area contributed by atoms with Crippen molar-refractivity contribution in [2.45, 2.75) is 37.4 Å². The van der Waals surface area contributed by atoms with Gasteiger partial charge >= 0.3 is 0 Å². The number of ether oxygens (including phenoxy) is 1. The first-order valence-corrected chi connectivity index (χ1v) is 12.3. The van der Waals surface area contributed by atoms with E-state index in [-0.39, 0.29) is 42.0 Å². The van der Waals surface area contributed by atoms with E-state index in [0.29, 0.717) is 30.1 Å². The molecule has 3 atom stereocenters. The van der Waals surface area contributed by atoms with Gasteiger partial charge in [0.05, 0.1) is 25.4 Å². The number of imidazole rings is 1. The number of nitrogens with zero attached hydrogens (tertiary/aromatic N) is 4. The summed E-state index contributed by atoms with van der Waals surface area (Å²) in [6, 6.07) is 4.59. The second-order valence-corrected chi connectivity index (χ2v) is 10.6. The van der Waals surface area contributed by atoms with Crippen molar-refractivity contribution in [1.29, 1.82) is 0 Å². The lowest BCUT2D eigenvalue weighted by Crippen LogP contribution is -2.47. The largest absolute Gasteiger partial charge is 0.488 e.